The van der Waals surface area contributed by atoms with Crippen molar-refractivity contribution in [3.8, 4) is 23.3 Å². The Hall–Kier alpha value is -1.97. The molecule has 1 fully saturated rings. The van der Waals surface area contributed by atoms with Crippen LogP contribution < -0.4 is 14.2 Å². The molecule has 1 aromatic rings. The smallest absolute Gasteiger partial charge is 0.203 e. The summed E-state index contributed by atoms with van der Waals surface area (Å²) in [6, 6.07) is 6.21. The summed E-state index contributed by atoms with van der Waals surface area (Å²) in [6.07, 6.45) is 0.604. The van der Waals surface area contributed by atoms with E-state index < -0.39 is 0 Å². The molecular formula is C17H25N3O3. The van der Waals surface area contributed by atoms with E-state index in [0.717, 1.165) is 44.8 Å². The fourth-order valence-electron chi connectivity index (χ4n) is 2.86. The minimum Gasteiger partial charge on any atom is -0.493 e. The Bertz CT molecular complexity index is 523. The molecule has 0 unspecified atom stereocenters. The Balaban J connectivity index is 2.00. The molecule has 0 N–H and O–H groups in total. The Morgan fingerprint density at radius 2 is 1.52 bits per heavy atom. The lowest BCUT2D eigenvalue weighted by Crippen LogP contribution is -2.46. The number of ether oxygens (including phenoxy) is 3. The Labute approximate surface area is 138 Å². The third-order valence-electron chi connectivity index (χ3n) is 4.14. The minimum absolute atomic E-state index is 0.604. The Kier molecular flexibility index (Phi) is 6.51. The standard InChI is InChI=1S/C17H25N3O3/c1-21-15-11-14(12-16(22-2)17(15)23-3)13-20-9-7-19(8-10-20)6-4-5-18/h11-12H,4,6-10,13H2,1-3H3. The fourth-order valence-corrected chi connectivity index (χ4v) is 2.86. The van der Waals surface area contributed by atoms with Gasteiger partial charge in [0.25, 0.3) is 0 Å². The zero-order chi connectivity index (χ0) is 16.7. The van der Waals surface area contributed by atoms with E-state index in [2.05, 4.69) is 15.9 Å². The van der Waals surface area contributed by atoms with Crippen molar-refractivity contribution in [1.29, 1.82) is 5.26 Å². The number of rotatable bonds is 7. The molecule has 6 heteroatoms. The second-order valence-corrected chi connectivity index (χ2v) is 5.56. The number of methoxy groups -OCH3 is 3. The van der Waals surface area contributed by atoms with Crippen LogP contribution in [0, 0.1) is 11.3 Å². The summed E-state index contributed by atoms with van der Waals surface area (Å²) in [5.41, 5.74) is 1.14. The molecule has 1 aliphatic heterocycles. The molecule has 2 rings (SSSR count). The maximum Gasteiger partial charge on any atom is 0.203 e. The molecule has 0 radical (unpaired) electrons. The van der Waals surface area contributed by atoms with E-state index in [1.165, 1.54) is 0 Å². The van der Waals surface area contributed by atoms with Crippen LogP contribution in [-0.4, -0.2) is 63.9 Å². The van der Waals surface area contributed by atoms with Gasteiger partial charge in [-0.05, 0) is 17.7 Å². The predicted molar refractivity (Wildman–Crippen MR) is 88.0 cm³/mol. The Morgan fingerprint density at radius 3 is 2.00 bits per heavy atom. The lowest BCUT2D eigenvalue weighted by atomic mass is 10.1. The van der Waals surface area contributed by atoms with Gasteiger partial charge in [-0.1, -0.05) is 0 Å². The van der Waals surface area contributed by atoms with Crippen LogP contribution >= 0.6 is 0 Å². The van der Waals surface area contributed by atoms with Crippen molar-refractivity contribution in [3.63, 3.8) is 0 Å². The molecule has 0 spiro atoms. The number of hydrogen-bond acceptors (Lipinski definition) is 6. The summed E-state index contributed by atoms with van der Waals surface area (Å²) in [5.74, 6) is 2.00. The quantitative estimate of drug-likeness (QED) is 0.763. The highest BCUT2D eigenvalue weighted by molar-refractivity contribution is 5.53. The largest absolute Gasteiger partial charge is 0.493 e. The molecule has 0 saturated carbocycles. The lowest BCUT2D eigenvalue weighted by Gasteiger charge is -2.34. The van der Waals surface area contributed by atoms with Crippen LogP contribution in [0.2, 0.25) is 0 Å². The normalized spacial score (nSPS) is 15.9. The molecular weight excluding hydrogens is 294 g/mol. The van der Waals surface area contributed by atoms with Gasteiger partial charge in [-0.25, -0.2) is 0 Å². The van der Waals surface area contributed by atoms with Crippen LogP contribution in [0.4, 0.5) is 0 Å². The lowest BCUT2D eigenvalue weighted by molar-refractivity contribution is 0.129. The van der Waals surface area contributed by atoms with Crippen LogP contribution in [0.3, 0.4) is 0 Å². The van der Waals surface area contributed by atoms with Crippen LogP contribution in [0.25, 0.3) is 0 Å². The first-order valence-corrected chi connectivity index (χ1v) is 7.82. The first kappa shape index (κ1) is 17.4. The highest BCUT2D eigenvalue weighted by Gasteiger charge is 2.19. The van der Waals surface area contributed by atoms with Gasteiger partial charge in [-0.2, -0.15) is 5.26 Å². The van der Waals surface area contributed by atoms with E-state index in [4.69, 9.17) is 19.5 Å². The minimum atomic E-state index is 0.604. The summed E-state index contributed by atoms with van der Waals surface area (Å²) in [5, 5.41) is 8.66. The summed E-state index contributed by atoms with van der Waals surface area (Å²) in [7, 11) is 4.88. The number of piperazine rings is 1. The van der Waals surface area contributed by atoms with E-state index in [1.807, 2.05) is 12.1 Å². The van der Waals surface area contributed by atoms with Crippen molar-refractivity contribution in [3.05, 3.63) is 17.7 Å². The summed E-state index contributed by atoms with van der Waals surface area (Å²) in [6.45, 7) is 5.74. The SMILES string of the molecule is COc1cc(CN2CCN(CCC#N)CC2)cc(OC)c1OC. The first-order chi connectivity index (χ1) is 11.2. The van der Waals surface area contributed by atoms with Crippen molar-refractivity contribution >= 4 is 0 Å². The van der Waals surface area contributed by atoms with Gasteiger partial charge in [0.05, 0.1) is 27.4 Å². The third kappa shape index (κ3) is 4.50. The highest BCUT2D eigenvalue weighted by Crippen LogP contribution is 2.38. The summed E-state index contributed by atoms with van der Waals surface area (Å²) >= 11 is 0. The molecule has 23 heavy (non-hydrogen) atoms. The highest BCUT2D eigenvalue weighted by atomic mass is 16.5. The van der Waals surface area contributed by atoms with E-state index in [-0.39, 0.29) is 0 Å². The fraction of sp³-hybridized carbons (Fsp3) is 0.588. The molecule has 1 aromatic carbocycles. The maximum absolute atomic E-state index is 8.66. The molecule has 1 saturated heterocycles. The monoisotopic (exact) mass is 319 g/mol. The van der Waals surface area contributed by atoms with E-state index in [1.54, 1.807) is 21.3 Å². The number of nitriles is 1. The van der Waals surface area contributed by atoms with Gasteiger partial charge < -0.3 is 14.2 Å². The second kappa shape index (κ2) is 8.61. The summed E-state index contributed by atoms with van der Waals surface area (Å²) in [4.78, 5) is 4.75. The van der Waals surface area contributed by atoms with Crippen molar-refractivity contribution in [2.75, 3.05) is 54.1 Å². The molecule has 126 valence electrons. The van der Waals surface area contributed by atoms with Crippen molar-refractivity contribution < 1.29 is 14.2 Å². The van der Waals surface area contributed by atoms with E-state index in [9.17, 15) is 0 Å². The van der Waals surface area contributed by atoms with Gasteiger partial charge >= 0.3 is 0 Å². The van der Waals surface area contributed by atoms with Crippen molar-refractivity contribution in [2.45, 2.75) is 13.0 Å². The molecule has 1 heterocycles. The number of nitrogens with zero attached hydrogens (tertiary/aromatic N) is 3. The molecule has 0 atom stereocenters. The molecule has 1 aliphatic rings. The zero-order valence-electron chi connectivity index (χ0n) is 14.2. The van der Waals surface area contributed by atoms with E-state index in [0.29, 0.717) is 23.7 Å². The van der Waals surface area contributed by atoms with Gasteiger partial charge in [0.2, 0.25) is 5.75 Å². The van der Waals surface area contributed by atoms with Crippen molar-refractivity contribution in [1.82, 2.24) is 9.80 Å². The topological polar surface area (TPSA) is 58.0 Å². The number of hydrogen-bond donors (Lipinski definition) is 0. The average molecular weight is 319 g/mol. The van der Waals surface area contributed by atoms with Crippen LogP contribution in [-0.2, 0) is 6.54 Å². The molecule has 0 bridgehead atoms. The first-order valence-electron chi connectivity index (χ1n) is 7.82. The van der Waals surface area contributed by atoms with Gasteiger partial charge in [0.1, 0.15) is 0 Å². The maximum atomic E-state index is 8.66. The van der Waals surface area contributed by atoms with Crippen LogP contribution in [0.15, 0.2) is 12.1 Å². The average Bonchev–Trinajstić information content (AvgIpc) is 2.60. The van der Waals surface area contributed by atoms with Crippen molar-refractivity contribution in [2.24, 2.45) is 0 Å². The van der Waals surface area contributed by atoms with Gasteiger partial charge in [-0.15, -0.1) is 0 Å². The molecule has 0 amide bonds. The summed E-state index contributed by atoms with van der Waals surface area (Å²) < 4.78 is 16.2. The van der Waals surface area contributed by atoms with Crippen LogP contribution in [0.5, 0.6) is 17.2 Å². The second-order valence-electron chi connectivity index (χ2n) is 5.56. The molecule has 0 aliphatic carbocycles. The number of benzene rings is 1. The van der Waals surface area contributed by atoms with E-state index >= 15 is 0 Å². The van der Waals surface area contributed by atoms with Crippen LogP contribution in [0.1, 0.15) is 12.0 Å². The predicted octanol–water partition coefficient (Wildman–Crippen LogP) is 1.74. The van der Waals surface area contributed by atoms with Gasteiger partial charge in [0.15, 0.2) is 11.5 Å². The van der Waals surface area contributed by atoms with Gasteiger partial charge in [-0.3, -0.25) is 9.80 Å². The molecule has 6 nitrogen and oxygen atoms in total. The Morgan fingerprint density at radius 1 is 0.957 bits per heavy atom. The molecule has 0 aromatic heterocycles. The van der Waals surface area contributed by atoms with Gasteiger partial charge in [0, 0.05) is 45.7 Å². The zero-order valence-corrected chi connectivity index (χ0v) is 14.2. The third-order valence-corrected chi connectivity index (χ3v) is 4.14.